The normalized spacial score (nSPS) is 16.0. The van der Waals surface area contributed by atoms with Crippen molar-refractivity contribution in [3.05, 3.63) is 84.2 Å². The van der Waals surface area contributed by atoms with Crippen molar-refractivity contribution in [1.29, 1.82) is 0 Å². The van der Waals surface area contributed by atoms with Gasteiger partial charge in [0.2, 0.25) is 0 Å². The van der Waals surface area contributed by atoms with Crippen LogP contribution in [0.2, 0.25) is 0 Å². The van der Waals surface area contributed by atoms with Gasteiger partial charge in [-0.15, -0.1) is 0 Å². The minimum Gasteiger partial charge on any atom is -0.497 e. The van der Waals surface area contributed by atoms with Gasteiger partial charge < -0.3 is 19.5 Å². The van der Waals surface area contributed by atoms with E-state index in [1.165, 1.54) is 0 Å². The maximum Gasteiger partial charge on any atom is 0.322 e. The Bertz CT molecular complexity index is 887. The van der Waals surface area contributed by atoms with Gasteiger partial charge in [-0.05, 0) is 42.0 Å². The second-order valence-electron chi connectivity index (χ2n) is 6.29. The van der Waals surface area contributed by atoms with Crippen LogP contribution in [0.15, 0.2) is 72.9 Å². The summed E-state index contributed by atoms with van der Waals surface area (Å²) in [6.07, 6.45) is 2.07. The molecule has 1 aliphatic rings. The lowest BCUT2D eigenvalue weighted by Gasteiger charge is -2.37. The van der Waals surface area contributed by atoms with E-state index < -0.39 is 0 Å². The summed E-state index contributed by atoms with van der Waals surface area (Å²) in [5.41, 5.74) is 2.98. The fourth-order valence-corrected chi connectivity index (χ4v) is 3.46. The number of aromatic nitrogens is 1. The number of benzene rings is 2. The van der Waals surface area contributed by atoms with Crippen LogP contribution in [0.4, 0.5) is 10.5 Å². The van der Waals surface area contributed by atoms with Crippen molar-refractivity contribution in [3.63, 3.8) is 0 Å². The van der Waals surface area contributed by atoms with E-state index in [1.54, 1.807) is 7.11 Å². The molecule has 2 amide bonds. The van der Waals surface area contributed by atoms with Crippen LogP contribution >= 0.6 is 0 Å². The number of nitrogens with one attached hydrogen (secondary N) is 1. The highest BCUT2D eigenvalue weighted by Gasteiger charge is 2.32. The van der Waals surface area contributed by atoms with E-state index in [9.17, 15) is 4.79 Å². The predicted molar refractivity (Wildman–Crippen MR) is 101 cm³/mol. The van der Waals surface area contributed by atoms with Gasteiger partial charge in [0.25, 0.3) is 0 Å². The third-order valence-corrected chi connectivity index (χ3v) is 4.76. The number of methoxy groups -OCH3 is 1. The van der Waals surface area contributed by atoms with E-state index in [0.29, 0.717) is 6.54 Å². The third-order valence-electron chi connectivity index (χ3n) is 4.76. The van der Waals surface area contributed by atoms with E-state index in [4.69, 9.17) is 4.74 Å². The highest BCUT2D eigenvalue weighted by atomic mass is 16.5. The molecule has 0 unspecified atom stereocenters. The second-order valence-corrected chi connectivity index (χ2v) is 6.29. The summed E-state index contributed by atoms with van der Waals surface area (Å²) in [7, 11) is 1.65. The standard InChI is InChI=1S/C21H21N3O2/c1-26-18-11-9-16(10-12-18)20-19-8-5-13-23(19)14-15-24(20)21(25)22-17-6-3-2-4-7-17/h2-13,20H,14-15H2,1H3,(H,22,25)/t20-/m0/s1. The summed E-state index contributed by atoms with van der Waals surface area (Å²) in [5, 5.41) is 3.01. The molecule has 3 aromatic rings. The van der Waals surface area contributed by atoms with Crippen LogP contribution < -0.4 is 10.1 Å². The number of nitrogens with zero attached hydrogens (tertiary/aromatic N) is 2. The van der Waals surface area contributed by atoms with Crippen LogP contribution in [0, 0.1) is 0 Å². The maximum atomic E-state index is 13.0. The minimum absolute atomic E-state index is 0.0931. The van der Waals surface area contributed by atoms with Gasteiger partial charge in [-0.1, -0.05) is 30.3 Å². The first-order valence-corrected chi connectivity index (χ1v) is 8.68. The molecule has 0 aliphatic carbocycles. The molecule has 0 saturated carbocycles. The number of amides is 2. The number of para-hydroxylation sites is 1. The lowest BCUT2D eigenvalue weighted by Crippen LogP contribution is -2.44. The van der Waals surface area contributed by atoms with E-state index >= 15 is 0 Å². The quantitative estimate of drug-likeness (QED) is 0.774. The molecule has 5 nitrogen and oxygen atoms in total. The zero-order chi connectivity index (χ0) is 17.9. The summed E-state index contributed by atoms with van der Waals surface area (Å²) < 4.78 is 7.48. The van der Waals surface area contributed by atoms with E-state index in [1.807, 2.05) is 65.6 Å². The molecule has 132 valence electrons. The van der Waals surface area contributed by atoms with Crippen LogP contribution in [0.25, 0.3) is 0 Å². The highest BCUT2D eigenvalue weighted by molar-refractivity contribution is 5.90. The summed E-state index contributed by atoms with van der Waals surface area (Å²) in [6.45, 7) is 1.44. The predicted octanol–water partition coefficient (Wildman–Crippen LogP) is 4.13. The zero-order valence-electron chi connectivity index (χ0n) is 14.6. The summed E-state index contributed by atoms with van der Waals surface area (Å²) in [6, 6.07) is 21.4. The average molecular weight is 347 g/mol. The number of fused-ring (bicyclic) bond motifs is 1. The summed E-state index contributed by atoms with van der Waals surface area (Å²) in [5.74, 6) is 0.806. The first kappa shape index (κ1) is 16.3. The Hall–Kier alpha value is -3.21. The van der Waals surface area contributed by atoms with Gasteiger partial charge in [-0.25, -0.2) is 4.79 Å². The summed E-state index contributed by atoms with van der Waals surface area (Å²) in [4.78, 5) is 14.9. The number of hydrogen-bond donors (Lipinski definition) is 1. The van der Waals surface area contributed by atoms with Crippen LogP contribution in [-0.4, -0.2) is 29.2 Å². The van der Waals surface area contributed by atoms with Crippen molar-refractivity contribution >= 4 is 11.7 Å². The molecule has 1 N–H and O–H groups in total. The fourth-order valence-electron chi connectivity index (χ4n) is 3.46. The SMILES string of the molecule is COc1ccc([C@H]2c3cccn3CCN2C(=O)Nc2ccccc2)cc1. The van der Waals surface area contributed by atoms with Crippen molar-refractivity contribution < 1.29 is 9.53 Å². The van der Waals surface area contributed by atoms with E-state index in [-0.39, 0.29) is 12.1 Å². The molecule has 0 spiro atoms. The number of anilines is 1. The van der Waals surface area contributed by atoms with Crippen LogP contribution in [0.5, 0.6) is 5.75 Å². The Balaban J connectivity index is 1.67. The molecule has 2 heterocycles. The van der Waals surface area contributed by atoms with Gasteiger partial charge in [0, 0.05) is 30.7 Å². The molecule has 0 saturated heterocycles. The van der Waals surface area contributed by atoms with Crippen molar-refractivity contribution in [3.8, 4) is 5.75 Å². The molecule has 5 heteroatoms. The van der Waals surface area contributed by atoms with E-state index in [2.05, 4.69) is 22.1 Å². The molecular weight excluding hydrogens is 326 g/mol. The number of urea groups is 1. The van der Waals surface area contributed by atoms with Crippen molar-refractivity contribution in [1.82, 2.24) is 9.47 Å². The Morgan fingerprint density at radius 2 is 1.77 bits per heavy atom. The smallest absolute Gasteiger partial charge is 0.322 e. The largest absolute Gasteiger partial charge is 0.497 e. The fraction of sp³-hybridized carbons (Fsp3) is 0.190. The van der Waals surface area contributed by atoms with Crippen molar-refractivity contribution in [2.75, 3.05) is 19.0 Å². The molecule has 26 heavy (non-hydrogen) atoms. The molecule has 2 aromatic carbocycles. The molecule has 0 bridgehead atoms. The molecule has 1 aliphatic heterocycles. The van der Waals surface area contributed by atoms with E-state index in [0.717, 1.165) is 29.2 Å². The number of hydrogen-bond acceptors (Lipinski definition) is 2. The van der Waals surface area contributed by atoms with Crippen molar-refractivity contribution in [2.45, 2.75) is 12.6 Å². The molecule has 0 fully saturated rings. The lowest BCUT2D eigenvalue weighted by atomic mass is 10.00. The topological polar surface area (TPSA) is 46.5 Å². The zero-order valence-corrected chi connectivity index (χ0v) is 14.6. The number of ether oxygens (including phenoxy) is 1. The molecule has 4 rings (SSSR count). The maximum absolute atomic E-state index is 13.0. The Morgan fingerprint density at radius 1 is 1.00 bits per heavy atom. The molecule has 1 aromatic heterocycles. The second kappa shape index (κ2) is 6.96. The molecule has 0 radical (unpaired) electrons. The summed E-state index contributed by atoms with van der Waals surface area (Å²) >= 11 is 0. The number of carbonyl (C=O) groups excluding carboxylic acids is 1. The van der Waals surface area contributed by atoms with Gasteiger partial charge >= 0.3 is 6.03 Å². The Labute approximate surface area is 152 Å². The van der Waals surface area contributed by atoms with Gasteiger partial charge in [0.1, 0.15) is 5.75 Å². The Kier molecular flexibility index (Phi) is 4.35. The Morgan fingerprint density at radius 3 is 2.50 bits per heavy atom. The highest BCUT2D eigenvalue weighted by Crippen LogP contribution is 2.33. The minimum atomic E-state index is -0.131. The number of rotatable bonds is 3. The van der Waals surface area contributed by atoms with Gasteiger partial charge in [0.05, 0.1) is 13.2 Å². The number of carbonyl (C=O) groups is 1. The molecular formula is C21H21N3O2. The van der Waals surface area contributed by atoms with Crippen LogP contribution in [0.1, 0.15) is 17.3 Å². The van der Waals surface area contributed by atoms with Crippen LogP contribution in [-0.2, 0) is 6.54 Å². The van der Waals surface area contributed by atoms with Gasteiger partial charge in [-0.2, -0.15) is 0 Å². The van der Waals surface area contributed by atoms with Crippen LogP contribution in [0.3, 0.4) is 0 Å². The molecule has 1 atom stereocenters. The third kappa shape index (κ3) is 3.04. The van der Waals surface area contributed by atoms with Gasteiger partial charge in [-0.3, -0.25) is 0 Å². The average Bonchev–Trinajstić information content (AvgIpc) is 3.17. The first-order valence-electron chi connectivity index (χ1n) is 8.68. The van der Waals surface area contributed by atoms with Crippen molar-refractivity contribution in [2.24, 2.45) is 0 Å². The lowest BCUT2D eigenvalue weighted by molar-refractivity contribution is 0.182. The first-order chi connectivity index (χ1) is 12.8. The monoisotopic (exact) mass is 347 g/mol. The van der Waals surface area contributed by atoms with Gasteiger partial charge in [0.15, 0.2) is 0 Å².